The minimum atomic E-state index is -0.563. The number of amides is 2. The van der Waals surface area contributed by atoms with Gasteiger partial charge in [-0.3, -0.25) is 14.8 Å². The third kappa shape index (κ3) is 1.66. The fourth-order valence-electron chi connectivity index (χ4n) is 3.37. The van der Waals surface area contributed by atoms with Gasteiger partial charge in [-0.25, -0.2) is 0 Å². The Labute approximate surface area is 121 Å². The van der Waals surface area contributed by atoms with E-state index in [-0.39, 0.29) is 11.5 Å². The second-order valence-corrected chi connectivity index (χ2v) is 5.51. The van der Waals surface area contributed by atoms with Gasteiger partial charge in [0.25, 0.3) is 11.8 Å². The number of nitrogens with zero attached hydrogens (tertiary/aromatic N) is 1. The highest BCUT2D eigenvalue weighted by molar-refractivity contribution is 6.05. The molecule has 2 aromatic carbocycles. The number of hydrogen-bond acceptors (Lipinski definition) is 3. The summed E-state index contributed by atoms with van der Waals surface area (Å²) >= 11 is 0. The van der Waals surface area contributed by atoms with E-state index in [0.29, 0.717) is 0 Å². The SMILES string of the molecule is O=C1CC(c2cccc3c2Cc2ccccc2-3)C(=O)N1O. The molecule has 21 heavy (non-hydrogen) atoms. The van der Waals surface area contributed by atoms with Gasteiger partial charge in [0.05, 0.1) is 5.92 Å². The van der Waals surface area contributed by atoms with Crippen molar-refractivity contribution < 1.29 is 14.8 Å². The fourth-order valence-corrected chi connectivity index (χ4v) is 3.37. The Morgan fingerprint density at radius 3 is 2.52 bits per heavy atom. The molecule has 1 N–H and O–H groups in total. The maximum Gasteiger partial charge on any atom is 0.261 e. The van der Waals surface area contributed by atoms with Crippen LogP contribution in [0, 0.1) is 0 Å². The molecule has 0 aromatic heterocycles. The number of benzene rings is 2. The summed E-state index contributed by atoms with van der Waals surface area (Å²) in [7, 11) is 0. The van der Waals surface area contributed by atoms with Crippen molar-refractivity contribution in [2.75, 3.05) is 0 Å². The van der Waals surface area contributed by atoms with Crippen molar-refractivity contribution in [2.24, 2.45) is 0 Å². The molecule has 1 aliphatic carbocycles. The maximum absolute atomic E-state index is 12.0. The van der Waals surface area contributed by atoms with Crippen molar-refractivity contribution in [1.29, 1.82) is 0 Å². The van der Waals surface area contributed by atoms with Crippen molar-refractivity contribution in [1.82, 2.24) is 5.06 Å². The first-order valence-corrected chi connectivity index (χ1v) is 6.92. The lowest BCUT2D eigenvalue weighted by Crippen LogP contribution is -2.26. The second kappa shape index (κ2) is 4.27. The summed E-state index contributed by atoms with van der Waals surface area (Å²) in [5, 5.41) is 9.71. The lowest BCUT2D eigenvalue weighted by Gasteiger charge is -2.13. The van der Waals surface area contributed by atoms with E-state index in [9.17, 15) is 14.8 Å². The summed E-state index contributed by atoms with van der Waals surface area (Å²) in [6.45, 7) is 0. The average molecular weight is 279 g/mol. The lowest BCUT2D eigenvalue weighted by molar-refractivity contribution is -0.171. The van der Waals surface area contributed by atoms with Crippen molar-refractivity contribution in [2.45, 2.75) is 18.8 Å². The molecular formula is C17H13NO3. The fraction of sp³-hybridized carbons (Fsp3) is 0.176. The molecule has 1 heterocycles. The Morgan fingerprint density at radius 1 is 1.00 bits per heavy atom. The van der Waals surface area contributed by atoms with Crippen LogP contribution in [0.5, 0.6) is 0 Å². The van der Waals surface area contributed by atoms with E-state index in [1.54, 1.807) is 0 Å². The molecule has 0 spiro atoms. The van der Waals surface area contributed by atoms with Gasteiger partial charge in [0.1, 0.15) is 0 Å². The third-order valence-corrected chi connectivity index (χ3v) is 4.38. The zero-order valence-electron chi connectivity index (χ0n) is 11.2. The van der Waals surface area contributed by atoms with Crippen LogP contribution in [-0.2, 0) is 16.0 Å². The molecule has 1 fully saturated rings. The topological polar surface area (TPSA) is 57.6 Å². The first-order chi connectivity index (χ1) is 10.2. The Morgan fingerprint density at radius 2 is 1.76 bits per heavy atom. The molecule has 1 unspecified atom stereocenters. The maximum atomic E-state index is 12.0. The summed E-state index contributed by atoms with van der Waals surface area (Å²) in [6.07, 6.45) is 0.813. The van der Waals surface area contributed by atoms with Crippen molar-refractivity contribution in [3.8, 4) is 11.1 Å². The van der Waals surface area contributed by atoms with E-state index in [2.05, 4.69) is 12.1 Å². The normalized spacial score (nSPS) is 19.9. The zero-order chi connectivity index (χ0) is 14.6. The molecule has 1 aliphatic heterocycles. The lowest BCUT2D eigenvalue weighted by atomic mass is 9.90. The van der Waals surface area contributed by atoms with Crippen molar-refractivity contribution >= 4 is 11.8 Å². The van der Waals surface area contributed by atoms with Crippen LogP contribution in [-0.4, -0.2) is 22.1 Å². The molecule has 2 aliphatic rings. The molecular weight excluding hydrogens is 266 g/mol. The van der Waals surface area contributed by atoms with Gasteiger partial charge in [0.2, 0.25) is 0 Å². The average Bonchev–Trinajstić information content (AvgIpc) is 3.00. The zero-order valence-corrected chi connectivity index (χ0v) is 11.2. The Kier molecular flexibility index (Phi) is 2.50. The number of rotatable bonds is 1. The van der Waals surface area contributed by atoms with Gasteiger partial charge in [0.15, 0.2) is 0 Å². The molecule has 0 bridgehead atoms. The minimum absolute atomic E-state index is 0.0438. The molecule has 0 radical (unpaired) electrons. The van der Waals surface area contributed by atoms with E-state index < -0.39 is 17.7 Å². The Hall–Kier alpha value is -2.46. The summed E-state index contributed by atoms with van der Waals surface area (Å²) in [5.74, 6) is -1.62. The number of imide groups is 1. The minimum Gasteiger partial charge on any atom is -0.278 e. The van der Waals surface area contributed by atoms with Gasteiger partial charge in [-0.2, -0.15) is 5.06 Å². The second-order valence-electron chi connectivity index (χ2n) is 5.51. The van der Waals surface area contributed by atoms with Crippen LogP contribution in [0.25, 0.3) is 11.1 Å². The summed E-state index contributed by atoms with van der Waals surface area (Å²) < 4.78 is 0. The van der Waals surface area contributed by atoms with Crippen LogP contribution in [0.4, 0.5) is 0 Å². The molecule has 2 aromatic rings. The largest absolute Gasteiger partial charge is 0.278 e. The highest BCUT2D eigenvalue weighted by atomic mass is 16.5. The van der Waals surface area contributed by atoms with Gasteiger partial charge in [-0.05, 0) is 34.2 Å². The number of hydroxylamine groups is 2. The number of carbonyl (C=O) groups is 2. The van der Waals surface area contributed by atoms with E-state index in [4.69, 9.17) is 0 Å². The van der Waals surface area contributed by atoms with Crippen LogP contribution in [0.1, 0.15) is 29.0 Å². The summed E-state index contributed by atoms with van der Waals surface area (Å²) in [4.78, 5) is 23.6. The molecule has 0 saturated carbocycles. The predicted octanol–water partition coefficient (Wildman–Crippen LogP) is 2.49. The molecule has 4 rings (SSSR count). The monoisotopic (exact) mass is 279 g/mol. The highest BCUT2D eigenvalue weighted by Gasteiger charge is 2.40. The van der Waals surface area contributed by atoms with Gasteiger partial charge < -0.3 is 0 Å². The van der Waals surface area contributed by atoms with E-state index in [0.717, 1.165) is 23.1 Å². The molecule has 2 amide bonds. The van der Waals surface area contributed by atoms with Gasteiger partial charge >= 0.3 is 0 Å². The Balaban J connectivity index is 1.84. The van der Waals surface area contributed by atoms with Crippen LogP contribution < -0.4 is 0 Å². The smallest absolute Gasteiger partial charge is 0.261 e. The summed E-state index contributed by atoms with van der Waals surface area (Å²) in [6, 6.07) is 14.0. The van der Waals surface area contributed by atoms with E-state index in [1.165, 1.54) is 11.1 Å². The van der Waals surface area contributed by atoms with Crippen molar-refractivity contribution in [3.05, 3.63) is 59.2 Å². The van der Waals surface area contributed by atoms with Crippen LogP contribution in [0.3, 0.4) is 0 Å². The molecule has 1 saturated heterocycles. The van der Waals surface area contributed by atoms with Crippen LogP contribution in [0.2, 0.25) is 0 Å². The highest BCUT2D eigenvalue weighted by Crippen LogP contribution is 2.42. The molecule has 4 nitrogen and oxygen atoms in total. The molecule has 104 valence electrons. The standard InChI is InChI=1S/C17H13NO3/c19-16-9-15(17(20)18(16)21)13-7-3-6-12-11-5-2-1-4-10(11)8-14(12)13/h1-7,15,21H,8-9H2. The molecule has 1 atom stereocenters. The van der Waals surface area contributed by atoms with Crippen molar-refractivity contribution in [3.63, 3.8) is 0 Å². The summed E-state index contributed by atoms with van der Waals surface area (Å²) in [5.41, 5.74) is 5.50. The first kappa shape index (κ1) is 12.3. The quantitative estimate of drug-likeness (QED) is 0.550. The first-order valence-electron chi connectivity index (χ1n) is 6.92. The van der Waals surface area contributed by atoms with Crippen LogP contribution >= 0.6 is 0 Å². The molecule has 4 heteroatoms. The van der Waals surface area contributed by atoms with E-state index >= 15 is 0 Å². The van der Waals surface area contributed by atoms with Gasteiger partial charge in [0, 0.05) is 6.42 Å². The number of fused-ring (bicyclic) bond motifs is 3. The predicted molar refractivity (Wildman–Crippen MR) is 75.7 cm³/mol. The third-order valence-electron chi connectivity index (χ3n) is 4.38. The van der Waals surface area contributed by atoms with Gasteiger partial charge in [-0.15, -0.1) is 0 Å². The number of carbonyl (C=O) groups excluding carboxylic acids is 2. The Bertz CT molecular complexity index is 781. The number of hydrogen-bond donors (Lipinski definition) is 1. The van der Waals surface area contributed by atoms with Gasteiger partial charge in [-0.1, -0.05) is 42.5 Å². The van der Waals surface area contributed by atoms with Crippen LogP contribution in [0.15, 0.2) is 42.5 Å². The van der Waals surface area contributed by atoms with E-state index in [1.807, 2.05) is 30.3 Å².